The first-order valence-corrected chi connectivity index (χ1v) is 11.7. The van der Waals surface area contributed by atoms with Gasteiger partial charge in [-0.1, -0.05) is 30.1 Å². The number of carbonyl (C=O) groups is 1. The fourth-order valence-corrected chi connectivity index (χ4v) is 4.73. The Morgan fingerprint density at radius 3 is 2.56 bits per heavy atom. The number of amides is 1. The summed E-state index contributed by atoms with van der Waals surface area (Å²) in [5.74, 6) is -0.0970. The van der Waals surface area contributed by atoms with Gasteiger partial charge in [0.25, 0.3) is 0 Å². The highest BCUT2D eigenvalue weighted by atomic mass is 35.5. The Morgan fingerprint density at radius 1 is 1.32 bits per heavy atom. The molecule has 2 heterocycles. The van der Waals surface area contributed by atoms with Crippen LogP contribution < -0.4 is 16.4 Å². The zero-order valence-electron chi connectivity index (χ0n) is 18.8. The average molecular weight is 510 g/mol. The summed E-state index contributed by atoms with van der Waals surface area (Å²) < 4.78 is 15.6. The van der Waals surface area contributed by atoms with Crippen LogP contribution in [0.25, 0.3) is 11.2 Å². The van der Waals surface area contributed by atoms with Gasteiger partial charge in [-0.15, -0.1) is 0 Å². The number of imidazole rings is 1. The Morgan fingerprint density at radius 2 is 1.97 bits per heavy atom. The maximum absolute atomic E-state index is 13.7. The molecule has 2 aromatic heterocycles. The topological polar surface area (TPSA) is 131 Å². The van der Waals surface area contributed by atoms with E-state index in [1.807, 2.05) is 18.4 Å². The van der Waals surface area contributed by atoms with E-state index in [2.05, 4.69) is 25.6 Å². The molecule has 1 aromatic carbocycles. The molecular formula is C22H26Cl2FN7O2. The highest BCUT2D eigenvalue weighted by Crippen LogP contribution is 2.43. The van der Waals surface area contributed by atoms with E-state index >= 15 is 0 Å². The van der Waals surface area contributed by atoms with E-state index in [0.29, 0.717) is 54.4 Å². The summed E-state index contributed by atoms with van der Waals surface area (Å²) in [5, 5.41) is 15.8. The van der Waals surface area contributed by atoms with Crippen LogP contribution in [0.2, 0.25) is 10.0 Å². The number of benzene rings is 1. The summed E-state index contributed by atoms with van der Waals surface area (Å²) in [6.07, 6.45) is 4.15. The van der Waals surface area contributed by atoms with Crippen LogP contribution in [-0.4, -0.2) is 43.2 Å². The number of aliphatic hydroxyl groups is 1. The standard InChI is InChI=1S/C22H26Cl2FN7O2/c1-11(10-33)28-20-27-9-16-18(31-20)32(13-3-5-22(2,6-4-13)19(26)34)21(29-16)30-17-14(23)7-12(25)8-15(17)24/h7-9,11,13,33H,3-6,10H2,1-2H3,(H2,26,34)(H,29,30)(H,27,28,31). The number of anilines is 3. The molecule has 0 saturated heterocycles. The lowest BCUT2D eigenvalue weighted by Gasteiger charge is -2.35. The monoisotopic (exact) mass is 509 g/mol. The number of nitrogens with two attached hydrogens (primary N) is 1. The molecule has 0 bridgehead atoms. The molecule has 1 aliphatic rings. The van der Waals surface area contributed by atoms with Crippen LogP contribution >= 0.6 is 23.2 Å². The van der Waals surface area contributed by atoms with Gasteiger partial charge >= 0.3 is 0 Å². The number of aromatic nitrogens is 4. The lowest BCUT2D eigenvalue weighted by molar-refractivity contribution is -0.128. The first kappa shape index (κ1) is 24.4. The van der Waals surface area contributed by atoms with Crippen LogP contribution in [0.4, 0.5) is 22.0 Å². The van der Waals surface area contributed by atoms with Gasteiger partial charge in [-0.25, -0.2) is 14.4 Å². The molecule has 34 heavy (non-hydrogen) atoms. The smallest absolute Gasteiger partial charge is 0.225 e. The predicted octanol–water partition coefficient (Wildman–Crippen LogP) is 4.42. The van der Waals surface area contributed by atoms with Crippen molar-refractivity contribution in [3.8, 4) is 0 Å². The van der Waals surface area contributed by atoms with Gasteiger partial charge in [0.1, 0.15) is 11.3 Å². The van der Waals surface area contributed by atoms with Crippen molar-refractivity contribution >= 4 is 57.9 Å². The second-order valence-corrected chi connectivity index (χ2v) is 9.78. The van der Waals surface area contributed by atoms with E-state index in [-0.39, 0.29) is 34.6 Å². The average Bonchev–Trinajstić information content (AvgIpc) is 3.14. The minimum absolute atomic E-state index is 0.0454. The van der Waals surface area contributed by atoms with Gasteiger partial charge in [-0.3, -0.25) is 9.36 Å². The number of halogens is 3. The molecule has 1 unspecified atom stereocenters. The number of fused-ring (bicyclic) bond motifs is 1. The molecule has 1 atom stereocenters. The van der Waals surface area contributed by atoms with Crippen molar-refractivity contribution in [1.29, 1.82) is 0 Å². The van der Waals surface area contributed by atoms with E-state index in [4.69, 9.17) is 28.9 Å². The molecule has 182 valence electrons. The second-order valence-electron chi connectivity index (χ2n) is 8.96. The molecule has 5 N–H and O–H groups in total. The zero-order valence-corrected chi connectivity index (χ0v) is 20.3. The summed E-state index contributed by atoms with van der Waals surface area (Å²) in [6.45, 7) is 3.61. The van der Waals surface area contributed by atoms with Crippen molar-refractivity contribution in [2.45, 2.75) is 51.6 Å². The first-order valence-electron chi connectivity index (χ1n) is 10.9. The van der Waals surface area contributed by atoms with Gasteiger partial charge in [0.2, 0.25) is 17.8 Å². The Balaban J connectivity index is 1.78. The zero-order chi connectivity index (χ0) is 24.6. The Kier molecular flexibility index (Phi) is 6.84. The highest BCUT2D eigenvalue weighted by Gasteiger charge is 2.37. The molecule has 1 saturated carbocycles. The number of aliphatic hydroxyl groups excluding tert-OH is 1. The van der Waals surface area contributed by atoms with E-state index in [1.165, 1.54) is 12.1 Å². The van der Waals surface area contributed by atoms with E-state index in [0.717, 1.165) is 0 Å². The molecule has 1 amide bonds. The number of nitrogens with one attached hydrogen (secondary N) is 2. The van der Waals surface area contributed by atoms with Crippen LogP contribution in [-0.2, 0) is 4.79 Å². The molecule has 0 spiro atoms. The third-order valence-electron chi connectivity index (χ3n) is 6.34. The van der Waals surface area contributed by atoms with Crippen LogP contribution in [0.3, 0.4) is 0 Å². The molecule has 9 nitrogen and oxygen atoms in total. The van der Waals surface area contributed by atoms with Gasteiger partial charge in [-0.05, 0) is 44.7 Å². The van der Waals surface area contributed by atoms with Crippen molar-refractivity contribution in [3.05, 3.63) is 34.2 Å². The second kappa shape index (κ2) is 9.52. The number of nitrogens with zero attached hydrogens (tertiary/aromatic N) is 4. The fourth-order valence-electron chi connectivity index (χ4n) is 4.18. The largest absolute Gasteiger partial charge is 0.394 e. The molecular weight excluding hydrogens is 484 g/mol. The molecule has 3 aromatic rings. The van der Waals surface area contributed by atoms with Gasteiger partial charge < -0.3 is 21.5 Å². The molecule has 12 heteroatoms. The minimum Gasteiger partial charge on any atom is -0.394 e. The van der Waals surface area contributed by atoms with Crippen LogP contribution in [0.5, 0.6) is 0 Å². The van der Waals surface area contributed by atoms with Crippen molar-refractivity contribution in [3.63, 3.8) is 0 Å². The number of hydrogen-bond donors (Lipinski definition) is 4. The predicted molar refractivity (Wildman–Crippen MR) is 130 cm³/mol. The summed E-state index contributed by atoms with van der Waals surface area (Å²) in [7, 11) is 0. The Labute approximate surface area is 205 Å². The number of primary amides is 1. The van der Waals surface area contributed by atoms with Crippen LogP contribution in [0.1, 0.15) is 45.6 Å². The van der Waals surface area contributed by atoms with E-state index in [1.54, 1.807) is 6.20 Å². The summed E-state index contributed by atoms with van der Waals surface area (Å²) in [5.41, 5.74) is 6.48. The van der Waals surface area contributed by atoms with Gasteiger partial charge in [0, 0.05) is 17.5 Å². The third kappa shape index (κ3) is 4.75. The molecule has 0 radical (unpaired) electrons. The van der Waals surface area contributed by atoms with Crippen LogP contribution in [0, 0.1) is 11.2 Å². The van der Waals surface area contributed by atoms with Crippen molar-refractivity contribution in [2.24, 2.45) is 11.1 Å². The van der Waals surface area contributed by atoms with Gasteiger partial charge in [0.15, 0.2) is 5.65 Å². The maximum atomic E-state index is 13.7. The molecule has 0 aliphatic heterocycles. The lowest BCUT2D eigenvalue weighted by atomic mass is 9.73. The Bertz CT molecular complexity index is 1200. The lowest BCUT2D eigenvalue weighted by Crippen LogP contribution is -2.38. The normalized spacial score (nSPS) is 21.4. The van der Waals surface area contributed by atoms with E-state index in [9.17, 15) is 14.3 Å². The van der Waals surface area contributed by atoms with Crippen LogP contribution in [0.15, 0.2) is 18.3 Å². The fraction of sp³-hybridized carbons (Fsp3) is 0.455. The molecule has 1 fully saturated rings. The van der Waals surface area contributed by atoms with Crippen molar-refractivity contribution in [1.82, 2.24) is 19.5 Å². The maximum Gasteiger partial charge on any atom is 0.225 e. The minimum atomic E-state index is -0.567. The summed E-state index contributed by atoms with van der Waals surface area (Å²) >= 11 is 12.5. The molecule has 4 rings (SSSR count). The Hall–Kier alpha value is -2.69. The number of hydrogen-bond acceptors (Lipinski definition) is 7. The first-order chi connectivity index (χ1) is 16.1. The highest BCUT2D eigenvalue weighted by molar-refractivity contribution is 6.39. The van der Waals surface area contributed by atoms with Crippen molar-refractivity contribution in [2.75, 3.05) is 17.2 Å². The quantitative estimate of drug-likeness (QED) is 0.370. The number of rotatable bonds is 7. The van der Waals surface area contributed by atoms with E-state index < -0.39 is 11.2 Å². The summed E-state index contributed by atoms with van der Waals surface area (Å²) in [6, 6.07) is 2.05. The van der Waals surface area contributed by atoms with Gasteiger partial charge in [-0.2, -0.15) is 4.98 Å². The third-order valence-corrected chi connectivity index (χ3v) is 6.94. The van der Waals surface area contributed by atoms with Gasteiger partial charge in [0.05, 0.1) is 28.5 Å². The number of carbonyl (C=O) groups excluding carboxylic acids is 1. The molecule has 1 aliphatic carbocycles. The summed E-state index contributed by atoms with van der Waals surface area (Å²) in [4.78, 5) is 25.5. The SMILES string of the molecule is CC(CO)Nc1ncc2nc(Nc3c(Cl)cc(F)cc3Cl)n(C3CCC(C)(C(N)=O)CC3)c2n1. The van der Waals surface area contributed by atoms with Crippen molar-refractivity contribution < 1.29 is 14.3 Å².